The monoisotopic (exact) mass is 344 g/mol. The van der Waals surface area contributed by atoms with E-state index in [1.807, 2.05) is 37.3 Å². The molecule has 2 heterocycles. The molecule has 0 saturated carbocycles. The van der Waals surface area contributed by atoms with E-state index in [1.165, 1.54) is 14.7 Å². The highest BCUT2D eigenvalue weighted by atomic mass is 32.1. The number of anilines is 1. The second-order valence-corrected chi connectivity index (χ2v) is 7.29. The van der Waals surface area contributed by atoms with E-state index in [4.69, 9.17) is 0 Å². The summed E-state index contributed by atoms with van der Waals surface area (Å²) in [6.45, 7) is 2.77. The molecule has 1 atom stereocenters. The van der Waals surface area contributed by atoms with Gasteiger partial charge in [-0.1, -0.05) is 18.2 Å². The number of carbonyl (C=O) groups is 2. The number of nitrogens with one attached hydrogen (secondary N) is 1. The van der Waals surface area contributed by atoms with Crippen molar-refractivity contribution >= 4 is 28.8 Å². The van der Waals surface area contributed by atoms with Crippen molar-refractivity contribution in [3.05, 3.63) is 52.2 Å². The van der Waals surface area contributed by atoms with Gasteiger partial charge < -0.3 is 15.3 Å². The van der Waals surface area contributed by atoms with Crippen molar-refractivity contribution in [3.8, 4) is 0 Å². The van der Waals surface area contributed by atoms with Crippen LogP contribution in [0.2, 0.25) is 0 Å². The van der Waals surface area contributed by atoms with Gasteiger partial charge in [-0.05, 0) is 37.6 Å². The Balaban J connectivity index is 1.61. The second kappa shape index (κ2) is 6.75. The number of thiophene rings is 1. The minimum Gasteiger partial charge on any atom is -0.372 e. The lowest BCUT2D eigenvalue weighted by molar-refractivity contribution is -0.149. The molecule has 1 aromatic carbocycles. The van der Waals surface area contributed by atoms with Gasteiger partial charge in [0, 0.05) is 35.0 Å². The minimum atomic E-state index is -1.97. The molecule has 3 rings (SSSR count). The predicted molar refractivity (Wildman–Crippen MR) is 94.1 cm³/mol. The SMILES string of the molecule is Cc1ccc(CCNC(=O)[C@@]2(O)CCN(c3ccccc3)C2=O)s1. The van der Waals surface area contributed by atoms with Crippen LogP contribution in [0.3, 0.4) is 0 Å². The highest BCUT2D eigenvalue weighted by Crippen LogP contribution is 2.28. The van der Waals surface area contributed by atoms with Crippen LogP contribution in [0.4, 0.5) is 5.69 Å². The number of benzene rings is 1. The Hall–Kier alpha value is -2.18. The topological polar surface area (TPSA) is 69.6 Å². The van der Waals surface area contributed by atoms with E-state index in [2.05, 4.69) is 5.32 Å². The van der Waals surface area contributed by atoms with E-state index in [0.29, 0.717) is 25.2 Å². The first kappa shape index (κ1) is 16.7. The molecule has 0 unspecified atom stereocenters. The Morgan fingerprint density at radius 3 is 2.71 bits per heavy atom. The van der Waals surface area contributed by atoms with Gasteiger partial charge in [-0.15, -0.1) is 11.3 Å². The number of hydrogen-bond acceptors (Lipinski definition) is 4. The summed E-state index contributed by atoms with van der Waals surface area (Å²) < 4.78 is 0. The average molecular weight is 344 g/mol. The van der Waals surface area contributed by atoms with Crippen molar-refractivity contribution < 1.29 is 14.7 Å². The molecule has 126 valence electrons. The molecule has 1 aliphatic rings. The molecule has 2 N–H and O–H groups in total. The third-order valence-electron chi connectivity index (χ3n) is 4.19. The van der Waals surface area contributed by atoms with Crippen molar-refractivity contribution in [1.29, 1.82) is 0 Å². The first-order chi connectivity index (χ1) is 11.5. The van der Waals surface area contributed by atoms with Crippen molar-refractivity contribution in [2.45, 2.75) is 25.4 Å². The summed E-state index contributed by atoms with van der Waals surface area (Å²) in [7, 11) is 0. The lowest BCUT2D eigenvalue weighted by Crippen LogP contribution is -2.52. The number of aryl methyl sites for hydroxylation is 1. The summed E-state index contributed by atoms with van der Waals surface area (Å²) in [5.41, 5.74) is -1.28. The molecule has 1 saturated heterocycles. The maximum Gasteiger partial charge on any atom is 0.268 e. The fourth-order valence-corrected chi connectivity index (χ4v) is 3.73. The zero-order chi connectivity index (χ0) is 17.2. The first-order valence-corrected chi connectivity index (χ1v) is 8.75. The van der Waals surface area contributed by atoms with Crippen LogP contribution in [0.5, 0.6) is 0 Å². The lowest BCUT2D eigenvalue weighted by Gasteiger charge is -2.21. The van der Waals surface area contributed by atoms with Crippen molar-refractivity contribution in [2.24, 2.45) is 0 Å². The molecule has 1 fully saturated rings. The van der Waals surface area contributed by atoms with E-state index in [1.54, 1.807) is 23.5 Å². The standard InChI is InChI=1S/C18H20N2O3S/c1-13-7-8-15(24-13)9-11-19-16(21)18(23)10-12-20(17(18)22)14-5-3-2-4-6-14/h2-8,23H,9-12H2,1H3,(H,19,21)/t18-/m0/s1. The van der Waals surface area contributed by atoms with Gasteiger partial charge in [0.1, 0.15) is 0 Å². The highest BCUT2D eigenvalue weighted by molar-refractivity contribution is 7.11. The summed E-state index contributed by atoms with van der Waals surface area (Å²) in [5, 5.41) is 13.3. The Kier molecular flexibility index (Phi) is 4.69. The van der Waals surface area contributed by atoms with Gasteiger partial charge in [0.2, 0.25) is 5.60 Å². The molecule has 0 spiro atoms. The van der Waals surface area contributed by atoms with Crippen LogP contribution >= 0.6 is 11.3 Å². The van der Waals surface area contributed by atoms with Gasteiger partial charge in [-0.3, -0.25) is 9.59 Å². The summed E-state index contributed by atoms with van der Waals surface area (Å²) >= 11 is 1.68. The average Bonchev–Trinajstić information content (AvgIpc) is 3.13. The lowest BCUT2D eigenvalue weighted by atomic mass is 10.0. The quantitative estimate of drug-likeness (QED) is 0.814. The summed E-state index contributed by atoms with van der Waals surface area (Å²) in [6, 6.07) is 13.1. The Labute approximate surface area is 144 Å². The van der Waals surface area contributed by atoms with E-state index < -0.39 is 17.4 Å². The van der Waals surface area contributed by atoms with Crippen LogP contribution in [0.15, 0.2) is 42.5 Å². The number of carbonyl (C=O) groups excluding carboxylic acids is 2. The van der Waals surface area contributed by atoms with Crippen molar-refractivity contribution in [2.75, 3.05) is 18.0 Å². The molecule has 2 aromatic rings. The Morgan fingerprint density at radius 1 is 1.29 bits per heavy atom. The van der Waals surface area contributed by atoms with E-state index in [-0.39, 0.29) is 6.42 Å². The highest BCUT2D eigenvalue weighted by Gasteiger charge is 2.51. The first-order valence-electron chi connectivity index (χ1n) is 7.94. The van der Waals surface area contributed by atoms with Crippen molar-refractivity contribution in [1.82, 2.24) is 5.32 Å². The maximum absolute atomic E-state index is 12.5. The molecule has 1 aromatic heterocycles. The third-order valence-corrected chi connectivity index (χ3v) is 5.25. The fourth-order valence-electron chi connectivity index (χ4n) is 2.84. The number of rotatable bonds is 5. The van der Waals surface area contributed by atoms with Crippen LogP contribution in [0.1, 0.15) is 16.2 Å². The van der Waals surface area contributed by atoms with Gasteiger partial charge in [0.05, 0.1) is 0 Å². The molecule has 2 amide bonds. The molecular formula is C18H20N2O3S. The van der Waals surface area contributed by atoms with Gasteiger partial charge in [0.15, 0.2) is 0 Å². The summed E-state index contributed by atoms with van der Waals surface area (Å²) in [5.74, 6) is -1.17. The molecular weight excluding hydrogens is 324 g/mol. The number of aliphatic hydroxyl groups is 1. The van der Waals surface area contributed by atoms with Crippen molar-refractivity contribution in [3.63, 3.8) is 0 Å². The number of hydrogen-bond donors (Lipinski definition) is 2. The number of amides is 2. The van der Waals surface area contributed by atoms with Crippen LogP contribution in [-0.2, 0) is 16.0 Å². The molecule has 0 radical (unpaired) electrons. The minimum absolute atomic E-state index is 0.102. The Bertz CT molecular complexity index is 744. The van der Waals surface area contributed by atoms with E-state index in [9.17, 15) is 14.7 Å². The summed E-state index contributed by atoms with van der Waals surface area (Å²) in [6.07, 6.45) is 0.793. The van der Waals surface area contributed by atoms with Gasteiger partial charge in [0.25, 0.3) is 11.8 Å². The van der Waals surface area contributed by atoms with Gasteiger partial charge >= 0.3 is 0 Å². The van der Waals surface area contributed by atoms with Crippen LogP contribution in [0.25, 0.3) is 0 Å². The normalized spacial score (nSPS) is 20.4. The number of para-hydroxylation sites is 1. The molecule has 5 nitrogen and oxygen atoms in total. The molecule has 0 aliphatic carbocycles. The fraction of sp³-hybridized carbons (Fsp3) is 0.333. The molecule has 0 bridgehead atoms. The molecule has 1 aliphatic heterocycles. The molecule has 6 heteroatoms. The predicted octanol–water partition coefficient (Wildman–Crippen LogP) is 1.88. The molecule has 24 heavy (non-hydrogen) atoms. The second-order valence-electron chi connectivity index (χ2n) is 5.92. The maximum atomic E-state index is 12.5. The largest absolute Gasteiger partial charge is 0.372 e. The van der Waals surface area contributed by atoms with Crippen LogP contribution in [0, 0.1) is 6.92 Å². The van der Waals surface area contributed by atoms with Crippen LogP contribution in [-0.4, -0.2) is 35.6 Å². The number of nitrogens with zero attached hydrogens (tertiary/aromatic N) is 1. The zero-order valence-electron chi connectivity index (χ0n) is 13.5. The van der Waals surface area contributed by atoms with E-state index in [0.717, 1.165) is 0 Å². The van der Waals surface area contributed by atoms with E-state index >= 15 is 0 Å². The van der Waals surface area contributed by atoms with Crippen LogP contribution < -0.4 is 10.2 Å². The Morgan fingerprint density at radius 2 is 2.04 bits per heavy atom. The summed E-state index contributed by atoms with van der Waals surface area (Å²) in [4.78, 5) is 28.7. The van der Waals surface area contributed by atoms with Gasteiger partial charge in [-0.25, -0.2) is 0 Å². The third kappa shape index (κ3) is 3.20. The van der Waals surface area contributed by atoms with Gasteiger partial charge in [-0.2, -0.15) is 0 Å². The zero-order valence-corrected chi connectivity index (χ0v) is 14.3. The smallest absolute Gasteiger partial charge is 0.268 e.